The largest absolute Gasteiger partial charge is 0.483 e. The summed E-state index contributed by atoms with van der Waals surface area (Å²) in [6, 6.07) is 15.1. The molecule has 33 heavy (non-hydrogen) atoms. The van der Waals surface area contributed by atoms with E-state index in [2.05, 4.69) is 10.1 Å². The number of rotatable bonds is 9. The van der Waals surface area contributed by atoms with Gasteiger partial charge in [-0.15, -0.1) is 0 Å². The number of para-hydroxylation sites is 1. The molecule has 0 aliphatic heterocycles. The Bertz CT molecular complexity index is 1150. The number of likely N-dealkylation sites (N-methyl/N-ethyl adjacent to an activating group) is 1. The lowest BCUT2D eigenvalue weighted by molar-refractivity contribution is 0.241. The molecule has 0 radical (unpaired) electrons. The summed E-state index contributed by atoms with van der Waals surface area (Å²) in [6.07, 6.45) is 6.54. The van der Waals surface area contributed by atoms with Crippen LogP contribution in [0.2, 0.25) is 0 Å². The van der Waals surface area contributed by atoms with Crippen molar-refractivity contribution in [2.75, 3.05) is 13.6 Å². The van der Waals surface area contributed by atoms with Gasteiger partial charge in [-0.3, -0.25) is 0 Å². The van der Waals surface area contributed by atoms with Crippen LogP contribution in [0, 0.1) is 6.92 Å². The SMILES string of the molecule is Cc1ccccc1OCc1nc(CCN(C)S(=O)(=O)c2ccc(C3CCCCC3)cc2)no1. The average Bonchev–Trinajstić information content (AvgIpc) is 3.30. The monoisotopic (exact) mass is 469 g/mol. The van der Waals surface area contributed by atoms with Crippen molar-refractivity contribution in [3.05, 3.63) is 71.4 Å². The molecule has 8 heteroatoms. The molecule has 1 heterocycles. The molecule has 0 saturated heterocycles. The maximum absolute atomic E-state index is 13.0. The minimum Gasteiger partial charge on any atom is -0.483 e. The Kier molecular flexibility index (Phi) is 7.45. The zero-order chi connectivity index (χ0) is 23.3. The van der Waals surface area contributed by atoms with Gasteiger partial charge in [0.15, 0.2) is 12.4 Å². The second-order valence-electron chi connectivity index (χ2n) is 8.64. The number of ether oxygens (including phenoxy) is 1. The third-order valence-corrected chi connectivity index (χ3v) is 8.14. The van der Waals surface area contributed by atoms with Gasteiger partial charge >= 0.3 is 0 Å². The summed E-state index contributed by atoms with van der Waals surface area (Å²) >= 11 is 0. The van der Waals surface area contributed by atoms with E-state index in [4.69, 9.17) is 9.26 Å². The zero-order valence-electron chi connectivity index (χ0n) is 19.2. The lowest BCUT2D eigenvalue weighted by atomic mass is 9.84. The van der Waals surface area contributed by atoms with Crippen LogP contribution in [0.3, 0.4) is 0 Å². The van der Waals surface area contributed by atoms with Gasteiger partial charge in [0.25, 0.3) is 5.89 Å². The normalized spacial score (nSPS) is 15.1. The number of hydrogen-bond donors (Lipinski definition) is 0. The maximum Gasteiger partial charge on any atom is 0.264 e. The van der Waals surface area contributed by atoms with Crippen LogP contribution < -0.4 is 4.74 Å². The van der Waals surface area contributed by atoms with E-state index in [1.54, 1.807) is 19.2 Å². The summed E-state index contributed by atoms with van der Waals surface area (Å²) in [6.45, 7) is 2.39. The van der Waals surface area contributed by atoms with Crippen molar-refractivity contribution in [1.82, 2.24) is 14.4 Å². The number of hydrogen-bond acceptors (Lipinski definition) is 6. The Morgan fingerprint density at radius 2 is 1.79 bits per heavy atom. The van der Waals surface area contributed by atoms with E-state index in [-0.39, 0.29) is 13.2 Å². The first-order valence-electron chi connectivity index (χ1n) is 11.5. The molecule has 2 aromatic carbocycles. The Labute approximate surface area is 195 Å². The number of benzene rings is 2. The van der Waals surface area contributed by atoms with Crippen molar-refractivity contribution < 1.29 is 17.7 Å². The van der Waals surface area contributed by atoms with E-state index in [9.17, 15) is 8.42 Å². The van der Waals surface area contributed by atoms with Crippen LogP contribution in [0.5, 0.6) is 5.75 Å². The van der Waals surface area contributed by atoms with Gasteiger partial charge in [-0.2, -0.15) is 4.98 Å². The van der Waals surface area contributed by atoms with E-state index in [1.807, 2.05) is 43.3 Å². The highest BCUT2D eigenvalue weighted by Crippen LogP contribution is 2.33. The fourth-order valence-electron chi connectivity index (χ4n) is 4.21. The van der Waals surface area contributed by atoms with Crippen LogP contribution in [0.25, 0.3) is 0 Å². The molecule has 0 N–H and O–H groups in total. The molecule has 1 aliphatic rings. The van der Waals surface area contributed by atoms with Crippen molar-refractivity contribution in [2.45, 2.75) is 62.9 Å². The number of aromatic nitrogens is 2. The van der Waals surface area contributed by atoms with Gasteiger partial charge in [-0.1, -0.05) is 54.8 Å². The van der Waals surface area contributed by atoms with Crippen molar-refractivity contribution in [3.8, 4) is 5.75 Å². The summed E-state index contributed by atoms with van der Waals surface area (Å²) in [4.78, 5) is 4.63. The van der Waals surface area contributed by atoms with Crippen molar-refractivity contribution in [1.29, 1.82) is 0 Å². The summed E-state index contributed by atoms with van der Waals surface area (Å²) in [5, 5.41) is 3.95. The molecule has 0 atom stereocenters. The first-order valence-corrected chi connectivity index (χ1v) is 12.9. The highest BCUT2D eigenvalue weighted by molar-refractivity contribution is 7.89. The highest BCUT2D eigenvalue weighted by Gasteiger charge is 2.22. The lowest BCUT2D eigenvalue weighted by Crippen LogP contribution is -2.29. The Morgan fingerprint density at radius 1 is 1.06 bits per heavy atom. The maximum atomic E-state index is 13.0. The van der Waals surface area contributed by atoms with Gasteiger partial charge in [0.05, 0.1) is 4.90 Å². The first-order chi connectivity index (χ1) is 15.9. The number of sulfonamides is 1. The fourth-order valence-corrected chi connectivity index (χ4v) is 5.39. The van der Waals surface area contributed by atoms with Gasteiger partial charge in [0.2, 0.25) is 10.0 Å². The quantitative estimate of drug-likeness (QED) is 0.445. The van der Waals surface area contributed by atoms with E-state index in [1.165, 1.54) is 42.0 Å². The van der Waals surface area contributed by atoms with Gasteiger partial charge in [0.1, 0.15) is 5.75 Å². The predicted molar refractivity (Wildman–Crippen MR) is 126 cm³/mol. The Balaban J connectivity index is 1.31. The third-order valence-electron chi connectivity index (χ3n) is 6.27. The molecule has 0 unspecified atom stereocenters. The molecule has 4 rings (SSSR count). The zero-order valence-corrected chi connectivity index (χ0v) is 20.1. The highest BCUT2D eigenvalue weighted by atomic mass is 32.2. The lowest BCUT2D eigenvalue weighted by Gasteiger charge is -2.22. The van der Waals surface area contributed by atoms with Crippen LogP contribution in [-0.4, -0.2) is 36.5 Å². The van der Waals surface area contributed by atoms with Gasteiger partial charge < -0.3 is 9.26 Å². The molecular formula is C25H31N3O4S. The Hall–Kier alpha value is -2.71. The predicted octanol–water partition coefficient (Wildman–Crippen LogP) is 4.87. The van der Waals surface area contributed by atoms with E-state index < -0.39 is 10.0 Å². The summed E-state index contributed by atoms with van der Waals surface area (Å²) < 4.78 is 38.3. The van der Waals surface area contributed by atoms with E-state index in [0.717, 1.165) is 11.3 Å². The summed E-state index contributed by atoms with van der Waals surface area (Å²) in [5.41, 5.74) is 2.26. The molecule has 176 valence electrons. The minimum absolute atomic E-state index is 0.166. The minimum atomic E-state index is -3.58. The van der Waals surface area contributed by atoms with Crippen LogP contribution in [-0.2, 0) is 23.1 Å². The molecule has 3 aromatic rings. The van der Waals surface area contributed by atoms with Crippen LogP contribution in [0.15, 0.2) is 57.9 Å². The summed E-state index contributed by atoms with van der Waals surface area (Å²) in [5.74, 6) is 2.12. The molecule has 7 nitrogen and oxygen atoms in total. The van der Waals surface area contributed by atoms with Crippen molar-refractivity contribution in [2.24, 2.45) is 0 Å². The molecule has 1 aliphatic carbocycles. The van der Waals surface area contributed by atoms with Gasteiger partial charge in [0, 0.05) is 20.0 Å². The number of aryl methyl sites for hydroxylation is 1. The van der Waals surface area contributed by atoms with Crippen LogP contribution >= 0.6 is 0 Å². The molecule has 0 bridgehead atoms. The second-order valence-corrected chi connectivity index (χ2v) is 10.7. The molecule has 1 saturated carbocycles. The van der Waals surface area contributed by atoms with Crippen LogP contribution in [0.4, 0.5) is 0 Å². The molecule has 0 amide bonds. The number of nitrogens with zero attached hydrogens (tertiary/aromatic N) is 3. The fraction of sp³-hybridized carbons (Fsp3) is 0.440. The standard InChI is InChI=1S/C25H31N3O4S/c1-19-8-6-7-11-23(19)31-18-25-26-24(27-32-25)16-17-28(2)33(29,30)22-14-12-21(13-15-22)20-9-4-3-5-10-20/h6-8,11-15,20H,3-5,9-10,16-18H2,1-2H3. The molecule has 0 spiro atoms. The topological polar surface area (TPSA) is 85.5 Å². The van der Waals surface area contributed by atoms with E-state index >= 15 is 0 Å². The second kappa shape index (κ2) is 10.5. The summed E-state index contributed by atoms with van der Waals surface area (Å²) in [7, 11) is -2.00. The van der Waals surface area contributed by atoms with Crippen molar-refractivity contribution in [3.63, 3.8) is 0 Å². The van der Waals surface area contributed by atoms with Crippen molar-refractivity contribution >= 4 is 10.0 Å². The molecular weight excluding hydrogens is 438 g/mol. The van der Waals surface area contributed by atoms with Crippen LogP contribution in [0.1, 0.15) is 60.9 Å². The third kappa shape index (κ3) is 5.81. The molecule has 1 fully saturated rings. The first kappa shape index (κ1) is 23.4. The van der Waals surface area contributed by atoms with E-state index in [0.29, 0.717) is 28.9 Å². The Morgan fingerprint density at radius 3 is 2.52 bits per heavy atom. The van der Waals surface area contributed by atoms with Gasteiger partial charge in [-0.05, 0) is 55.0 Å². The smallest absolute Gasteiger partial charge is 0.264 e. The van der Waals surface area contributed by atoms with Gasteiger partial charge in [-0.25, -0.2) is 12.7 Å². The average molecular weight is 470 g/mol. The molecule has 1 aromatic heterocycles.